The maximum absolute atomic E-state index is 12.4. The molecule has 2 unspecified atom stereocenters. The second kappa shape index (κ2) is 28.8. The zero-order valence-corrected chi connectivity index (χ0v) is 29.2. The van der Waals surface area contributed by atoms with Crippen molar-refractivity contribution in [3.8, 4) is 0 Å². The SMILES string of the molecule is CCCC(CC)OC(=O)NCCCOC(=O)CCN(CCCN(CC)CC)CCC(=O)OCCCNC(=O)OC(CC)CCC. The average Bonchev–Trinajstić information content (AvgIpc) is 3.03. The number of hydrogen-bond acceptors (Lipinski definition) is 10. The molecule has 0 aliphatic rings. The van der Waals surface area contributed by atoms with Crippen LogP contribution in [0.5, 0.6) is 0 Å². The van der Waals surface area contributed by atoms with Crippen molar-refractivity contribution < 1.29 is 38.1 Å². The van der Waals surface area contributed by atoms with Gasteiger partial charge in [0.05, 0.1) is 26.1 Å². The van der Waals surface area contributed by atoms with Gasteiger partial charge in [-0.3, -0.25) is 9.59 Å². The van der Waals surface area contributed by atoms with Gasteiger partial charge >= 0.3 is 24.1 Å². The highest BCUT2D eigenvalue weighted by molar-refractivity contribution is 5.70. The van der Waals surface area contributed by atoms with E-state index in [-0.39, 0.29) is 50.2 Å². The molecule has 0 aliphatic carbocycles. The Morgan fingerprint density at radius 1 is 0.578 bits per heavy atom. The minimum absolute atomic E-state index is 0.0757. The van der Waals surface area contributed by atoms with Crippen molar-refractivity contribution in [1.82, 2.24) is 20.4 Å². The number of hydrogen-bond donors (Lipinski definition) is 2. The van der Waals surface area contributed by atoms with Crippen molar-refractivity contribution in [3.63, 3.8) is 0 Å². The fourth-order valence-corrected chi connectivity index (χ4v) is 4.66. The smallest absolute Gasteiger partial charge is 0.407 e. The van der Waals surface area contributed by atoms with Crippen LogP contribution in [0.2, 0.25) is 0 Å². The normalized spacial score (nSPS) is 12.4. The van der Waals surface area contributed by atoms with E-state index in [2.05, 4.69) is 48.1 Å². The molecule has 0 spiro atoms. The molecule has 2 N–H and O–H groups in total. The number of rotatable bonds is 28. The van der Waals surface area contributed by atoms with Gasteiger partial charge in [0, 0.05) is 26.2 Å². The molecule has 45 heavy (non-hydrogen) atoms. The first-order valence-electron chi connectivity index (χ1n) is 17.4. The highest BCUT2D eigenvalue weighted by Gasteiger charge is 2.15. The largest absolute Gasteiger partial charge is 0.466 e. The molecule has 0 bridgehead atoms. The Morgan fingerprint density at radius 3 is 1.38 bits per heavy atom. The Bertz CT molecular complexity index is 728. The predicted molar refractivity (Wildman–Crippen MR) is 176 cm³/mol. The van der Waals surface area contributed by atoms with Gasteiger partial charge in [-0.05, 0) is 71.1 Å². The minimum atomic E-state index is -0.440. The Kier molecular flexibility index (Phi) is 27.2. The second-order valence-corrected chi connectivity index (χ2v) is 11.2. The molecular weight excluding hydrogens is 580 g/mol. The van der Waals surface area contributed by atoms with E-state index in [0.717, 1.165) is 71.1 Å². The highest BCUT2D eigenvalue weighted by atomic mass is 16.6. The Hall–Kier alpha value is -2.60. The topological polar surface area (TPSA) is 136 Å². The Morgan fingerprint density at radius 2 is 1.00 bits per heavy atom. The molecule has 0 aromatic carbocycles. The number of esters is 2. The van der Waals surface area contributed by atoms with E-state index >= 15 is 0 Å². The van der Waals surface area contributed by atoms with E-state index in [1.807, 2.05) is 13.8 Å². The molecule has 12 heteroatoms. The van der Waals surface area contributed by atoms with Crippen molar-refractivity contribution >= 4 is 24.1 Å². The van der Waals surface area contributed by atoms with Crippen molar-refractivity contribution in [1.29, 1.82) is 0 Å². The van der Waals surface area contributed by atoms with E-state index in [0.29, 0.717) is 39.0 Å². The molecule has 2 amide bonds. The molecule has 0 aromatic rings. The lowest BCUT2D eigenvalue weighted by atomic mass is 10.2. The minimum Gasteiger partial charge on any atom is -0.466 e. The lowest BCUT2D eigenvalue weighted by Gasteiger charge is -2.24. The van der Waals surface area contributed by atoms with Crippen molar-refractivity contribution in [2.45, 2.75) is 124 Å². The van der Waals surface area contributed by atoms with Gasteiger partial charge in [-0.15, -0.1) is 0 Å². The van der Waals surface area contributed by atoms with Crippen LogP contribution in [-0.2, 0) is 28.5 Å². The summed E-state index contributed by atoms with van der Waals surface area (Å²) >= 11 is 0. The summed E-state index contributed by atoms with van der Waals surface area (Å²) in [6.07, 6.45) is 6.46. The van der Waals surface area contributed by atoms with Gasteiger partial charge < -0.3 is 39.4 Å². The van der Waals surface area contributed by atoms with E-state index in [1.165, 1.54) is 0 Å². The summed E-state index contributed by atoms with van der Waals surface area (Å²) in [5, 5.41) is 5.41. The summed E-state index contributed by atoms with van der Waals surface area (Å²) in [4.78, 5) is 53.0. The molecule has 0 fully saturated rings. The van der Waals surface area contributed by atoms with E-state index in [1.54, 1.807) is 0 Å². The van der Waals surface area contributed by atoms with E-state index in [4.69, 9.17) is 18.9 Å². The maximum atomic E-state index is 12.4. The summed E-state index contributed by atoms with van der Waals surface area (Å²) in [5.41, 5.74) is 0. The summed E-state index contributed by atoms with van der Waals surface area (Å²) in [6.45, 7) is 18.1. The first kappa shape index (κ1) is 42.4. The van der Waals surface area contributed by atoms with Crippen LogP contribution in [0.3, 0.4) is 0 Å². The van der Waals surface area contributed by atoms with Crippen molar-refractivity contribution in [3.05, 3.63) is 0 Å². The number of carbonyl (C=O) groups excluding carboxylic acids is 4. The maximum Gasteiger partial charge on any atom is 0.407 e. The van der Waals surface area contributed by atoms with Crippen LogP contribution in [0.4, 0.5) is 9.59 Å². The summed E-state index contributed by atoms with van der Waals surface area (Å²) < 4.78 is 21.5. The van der Waals surface area contributed by atoms with Gasteiger partial charge in [-0.1, -0.05) is 54.4 Å². The predicted octanol–water partition coefficient (Wildman–Crippen LogP) is 5.28. The quantitative estimate of drug-likeness (QED) is 0.0658. The third kappa shape index (κ3) is 24.3. The first-order valence-corrected chi connectivity index (χ1v) is 17.4. The molecule has 0 heterocycles. The summed E-state index contributed by atoms with van der Waals surface area (Å²) in [5.74, 6) is -0.622. The van der Waals surface area contributed by atoms with Gasteiger partial charge in [0.1, 0.15) is 12.2 Å². The fourth-order valence-electron chi connectivity index (χ4n) is 4.66. The molecule has 0 saturated carbocycles. The third-order valence-corrected chi connectivity index (χ3v) is 7.49. The summed E-state index contributed by atoms with van der Waals surface area (Å²) in [6, 6.07) is 0. The molecule has 0 aromatic heterocycles. The van der Waals surface area contributed by atoms with Crippen LogP contribution in [-0.4, -0.2) is 112 Å². The summed E-state index contributed by atoms with van der Waals surface area (Å²) in [7, 11) is 0. The van der Waals surface area contributed by atoms with Gasteiger partial charge in [-0.2, -0.15) is 0 Å². The van der Waals surface area contributed by atoms with Crippen LogP contribution >= 0.6 is 0 Å². The number of alkyl carbamates (subject to hydrolysis) is 2. The zero-order valence-electron chi connectivity index (χ0n) is 29.2. The van der Waals surface area contributed by atoms with Crippen LogP contribution in [0.25, 0.3) is 0 Å². The number of ether oxygens (including phenoxy) is 4. The standard InChI is InChI=1S/C33H64N4O8/c1-7-16-28(9-3)44-32(40)34-20-13-26-42-30(38)18-24-37(23-15-22-36(11-5)12-6)25-19-31(39)43-27-14-21-35-33(41)45-29(10-4)17-8-2/h28-29H,7-27H2,1-6H3,(H,34,40)(H,35,41). The van der Waals surface area contributed by atoms with Crippen LogP contribution in [0, 0.1) is 0 Å². The fraction of sp³-hybridized carbons (Fsp3) is 0.879. The Balaban J connectivity index is 4.42. The van der Waals surface area contributed by atoms with Crippen LogP contribution < -0.4 is 10.6 Å². The van der Waals surface area contributed by atoms with Gasteiger partial charge in [0.15, 0.2) is 0 Å². The number of nitrogens with one attached hydrogen (secondary N) is 2. The van der Waals surface area contributed by atoms with E-state index < -0.39 is 12.2 Å². The zero-order chi connectivity index (χ0) is 33.7. The number of amides is 2. The lowest BCUT2D eigenvalue weighted by molar-refractivity contribution is -0.144. The van der Waals surface area contributed by atoms with Crippen molar-refractivity contribution in [2.24, 2.45) is 0 Å². The number of nitrogens with zero attached hydrogens (tertiary/aromatic N) is 2. The average molecular weight is 645 g/mol. The molecule has 12 nitrogen and oxygen atoms in total. The molecule has 264 valence electrons. The molecule has 2 atom stereocenters. The van der Waals surface area contributed by atoms with Crippen molar-refractivity contribution in [2.75, 3.05) is 65.6 Å². The van der Waals surface area contributed by atoms with Crippen LogP contribution in [0.1, 0.15) is 112 Å². The Labute approximate surface area is 272 Å². The van der Waals surface area contributed by atoms with Gasteiger partial charge in [-0.25, -0.2) is 9.59 Å². The molecule has 0 aliphatic heterocycles. The lowest BCUT2D eigenvalue weighted by Crippen LogP contribution is -2.33. The molecule has 0 radical (unpaired) electrons. The highest BCUT2D eigenvalue weighted by Crippen LogP contribution is 2.07. The molecule has 0 rings (SSSR count). The van der Waals surface area contributed by atoms with Gasteiger partial charge in [0.25, 0.3) is 0 Å². The number of carbonyl (C=O) groups is 4. The first-order chi connectivity index (χ1) is 21.7. The monoisotopic (exact) mass is 644 g/mol. The molecule has 0 saturated heterocycles. The third-order valence-electron chi connectivity index (χ3n) is 7.49. The van der Waals surface area contributed by atoms with Crippen LogP contribution in [0.15, 0.2) is 0 Å². The van der Waals surface area contributed by atoms with Gasteiger partial charge in [0.2, 0.25) is 0 Å². The second-order valence-electron chi connectivity index (χ2n) is 11.2. The van der Waals surface area contributed by atoms with E-state index in [9.17, 15) is 19.2 Å². The molecular formula is C33H64N4O8.